The highest BCUT2D eigenvalue weighted by Crippen LogP contribution is 1.98. The Morgan fingerprint density at radius 2 is 2.36 bits per heavy atom. The van der Waals surface area contributed by atoms with Crippen molar-refractivity contribution in [2.45, 2.75) is 20.0 Å². The molecule has 0 saturated heterocycles. The molecule has 0 aliphatic carbocycles. The van der Waals surface area contributed by atoms with Crippen molar-refractivity contribution >= 4 is 11.6 Å². The molecule has 0 radical (unpaired) electrons. The molecular weight excluding hydrogens is 162 g/mol. The molecule has 66 valence electrons. The van der Waals surface area contributed by atoms with Gasteiger partial charge in [0.2, 0.25) is 0 Å². The van der Waals surface area contributed by atoms with Crippen LogP contribution < -0.4 is 5.32 Å². The van der Waals surface area contributed by atoms with Gasteiger partial charge >= 0.3 is 0 Å². The topological polar surface area (TPSA) is 21.3 Å². The fourth-order valence-corrected chi connectivity index (χ4v) is 0.715. The second kappa shape index (κ2) is 6.65. The number of hydrogen-bond acceptors (Lipinski definition) is 2. The fourth-order valence-electron chi connectivity index (χ4n) is 0.652. The van der Waals surface area contributed by atoms with Gasteiger partial charge in [0.15, 0.2) is 0 Å². The fraction of sp³-hybridized carbons (Fsp3) is 0.750. The highest BCUT2D eigenvalue weighted by Gasteiger charge is 1.99. The first kappa shape index (κ1) is 11.0. The summed E-state index contributed by atoms with van der Waals surface area (Å²) in [5, 5.41) is 3.03. The second-order valence-electron chi connectivity index (χ2n) is 2.63. The number of rotatable bonds is 5. The molecule has 11 heavy (non-hydrogen) atoms. The lowest BCUT2D eigenvalue weighted by Gasteiger charge is -2.11. The van der Waals surface area contributed by atoms with Crippen molar-refractivity contribution in [2.24, 2.45) is 0 Å². The van der Waals surface area contributed by atoms with E-state index in [0.717, 1.165) is 12.1 Å². The van der Waals surface area contributed by atoms with Crippen LogP contribution >= 0.6 is 11.6 Å². The van der Waals surface area contributed by atoms with Crippen LogP contribution in [0.25, 0.3) is 0 Å². The average Bonchev–Trinajstić information content (AvgIpc) is 2.01. The molecule has 0 amide bonds. The third kappa shape index (κ3) is 6.35. The van der Waals surface area contributed by atoms with E-state index in [1.807, 2.05) is 20.9 Å². The van der Waals surface area contributed by atoms with E-state index in [-0.39, 0.29) is 6.10 Å². The Kier molecular flexibility index (Phi) is 6.62. The van der Waals surface area contributed by atoms with Crippen LogP contribution in [0.4, 0.5) is 0 Å². The van der Waals surface area contributed by atoms with Gasteiger partial charge in [0.25, 0.3) is 0 Å². The van der Waals surface area contributed by atoms with Gasteiger partial charge in [0.1, 0.15) is 0 Å². The van der Waals surface area contributed by atoms with Crippen LogP contribution in [0.3, 0.4) is 0 Å². The van der Waals surface area contributed by atoms with E-state index in [1.54, 1.807) is 5.54 Å². The first-order valence-electron chi connectivity index (χ1n) is 3.72. The molecule has 0 aromatic carbocycles. The number of nitrogens with one attached hydrogen (secondary N) is 1. The molecule has 0 heterocycles. The van der Waals surface area contributed by atoms with Crippen LogP contribution in [0.1, 0.15) is 13.8 Å². The molecule has 1 unspecified atom stereocenters. The first-order chi connectivity index (χ1) is 5.20. The van der Waals surface area contributed by atoms with Gasteiger partial charge in [0, 0.05) is 12.1 Å². The highest BCUT2D eigenvalue weighted by molar-refractivity contribution is 6.25. The summed E-state index contributed by atoms with van der Waals surface area (Å²) in [5.74, 6) is 0. The molecule has 0 aromatic heterocycles. The maximum Gasteiger partial charge on any atom is 0.0689 e. The summed E-state index contributed by atoms with van der Waals surface area (Å²) < 4.78 is 5.42. The normalized spacial score (nSPS) is 15.1. The van der Waals surface area contributed by atoms with E-state index in [0.29, 0.717) is 6.61 Å². The van der Waals surface area contributed by atoms with Crippen LogP contribution in [0, 0.1) is 0 Å². The molecule has 0 aromatic rings. The molecule has 0 aliphatic rings. The van der Waals surface area contributed by atoms with E-state index in [4.69, 9.17) is 16.3 Å². The summed E-state index contributed by atoms with van der Waals surface area (Å²) in [6, 6.07) is 0. The van der Waals surface area contributed by atoms with E-state index < -0.39 is 0 Å². The number of hydrogen-bond donors (Lipinski definition) is 1. The van der Waals surface area contributed by atoms with Gasteiger partial charge in [-0.2, -0.15) is 0 Å². The van der Waals surface area contributed by atoms with Crippen LogP contribution in [0.15, 0.2) is 11.1 Å². The number of likely N-dealkylation sites (N-methyl/N-ethyl adjacent to an activating group) is 1. The van der Waals surface area contributed by atoms with Gasteiger partial charge in [-0.05, 0) is 26.5 Å². The molecule has 0 fully saturated rings. The minimum atomic E-state index is 0.242. The van der Waals surface area contributed by atoms with Crippen molar-refractivity contribution in [3.63, 3.8) is 0 Å². The SMILES string of the molecule is CNCC(C)OCC(C)=CCl. The van der Waals surface area contributed by atoms with E-state index in [1.165, 1.54) is 0 Å². The second-order valence-corrected chi connectivity index (χ2v) is 2.85. The minimum absolute atomic E-state index is 0.242. The zero-order valence-electron chi connectivity index (χ0n) is 7.36. The minimum Gasteiger partial charge on any atom is -0.373 e. The van der Waals surface area contributed by atoms with Gasteiger partial charge in [-0.15, -0.1) is 0 Å². The molecule has 1 atom stereocenters. The van der Waals surface area contributed by atoms with Crippen molar-refractivity contribution in [2.75, 3.05) is 20.2 Å². The van der Waals surface area contributed by atoms with E-state index in [2.05, 4.69) is 5.32 Å². The quantitative estimate of drug-likeness (QED) is 0.691. The Hall–Kier alpha value is -0.0500. The maximum atomic E-state index is 5.45. The third-order valence-electron chi connectivity index (χ3n) is 1.27. The molecule has 0 aliphatic heterocycles. The number of ether oxygens (including phenoxy) is 1. The lowest BCUT2D eigenvalue weighted by atomic mass is 10.3. The molecule has 0 saturated carbocycles. The summed E-state index contributed by atoms with van der Waals surface area (Å²) in [6.45, 7) is 5.46. The van der Waals surface area contributed by atoms with Crippen molar-refractivity contribution in [1.29, 1.82) is 0 Å². The molecule has 1 N–H and O–H groups in total. The van der Waals surface area contributed by atoms with Gasteiger partial charge in [0.05, 0.1) is 12.7 Å². The van der Waals surface area contributed by atoms with E-state index >= 15 is 0 Å². The van der Waals surface area contributed by atoms with E-state index in [9.17, 15) is 0 Å². The van der Waals surface area contributed by atoms with Crippen LogP contribution in [0.2, 0.25) is 0 Å². The summed E-state index contributed by atoms with van der Waals surface area (Å²) in [4.78, 5) is 0. The first-order valence-corrected chi connectivity index (χ1v) is 4.16. The zero-order valence-corrected chi connectivity index (χ0v) is 8.11. The lowest BCUT2D eigenvalue weighted by Crippen LogP contribution is -2.24. The monoisotopic (exact) mass is 177 g/mol. The Morgan fingerprint density at radius 1 is 1.73 bits per heavy atom. The van der Waals surface area contributed by atoms with Crippen molar-refractivity contribution in [3.05, 3.63) is 11.1 Å². The molecular formula is C8H16ClNO. The smallest absolute Gasteiger partial charge is 0.0689 e. The Balaban J connectivity index is 3.37. The summed E-state index contributed by atoms with van der Waals surface area (Å²) in [5.41, 5.74) is 2.60. The Labute approximate surface area is 73.6 Å². The summed E-state index contributed by atoms with van der Waals surface area (Å²) in [7, 11) is 1.91. The highest BCUT2D eigenvalue weighted by atomic mass is 35.5. The molecule has 2 nitrogen and oxygen atoms in total. The lowest BCUT2D eigenvalue weighted by molar-refractivity contribution is 0.0847. The maximum absolute atomic E-state index is 5.45. The van der Waals surface area contributed by atoms with Crippen molar-refractivity contribution in [1.82, 2.24) is 5.32 Å². The third-order valence-corrected chi connectivity index (χ3v) is 1.65. The van der Waals surface area contributed by atoms with Crippen molar-refractivity contribution in [3.8, 4) is 0 Å². The zero-order chi connectivity index (χ0) is 8.69. The predicted octanol–water partition coefficient (Wildman–Crippen LogP) is 1.75. The number of halogens is 1. The summed E-state index contributed by atoms with van der Waals surface area (Å²) >= 11 is 5.45. The molecule has 3 heteroatoms. The largest absolute Gasteiger partial charge is 0.373 e. The van der Waals surface area contributed by atoms with Gasteiger partial charge in [-0.25, -0.2) is 0 Å². The van der Waals surface area contributed by atoms with Gasteiger partial charge in [-0.3, -0.25) is 0 Å². The average molecular weight is 178 g/mol. The molecule has 0 spiro atoms. The summed E-state index contributed by atoms with van der Waals surface area (Å²) in [6.07, 6.45) is 0.242. The Morgan fingerprint density at radius 3 is 2.82 bits per heavy atom. The molecule has 0 bridgehead atoms. The van der Waals surface area contributed by atoms with Crippen LogP contribution in [-0.4, -0.2) is 26.3 Å². The van der Waals surface area contributed by atoms with Crippen LogP contribution in [-0.2, 0) is 4.74 Å². The van der Waals surface area contributed by atoms with Crippen molar-refractivity contribution < 1.29 is 4.74 Å². The molecule has 0 rings (SSSR count). The predicted molar refractivity (Wildman–Crippen MR) is 49.0 cm³/mol. The standard InChI is InChI=1S/C8H16ClNO/c1-7(4-9)6-11-8(2)5-10-3/h4,8,10H,5-6H2,1-3H3. The van der Waals surface area contributed by atoms with Crippen LogP contribution in [0.5, 0.6) is 0 Å². The van der Waals surface area contributed by atoms with Gasteiger partial charge < -0.3 is 10.1 Å². The Bertz CT molecular complexity index is 125. The van der Waals surface area contributed by atoms with Gasteiger partial charge in [-0.1, -0.05) is 11.6 Å².